The number of unbranched alkanes of at least 4 members (excludes halogenated alkanes) is 15. The lowest BCUT2D eigenvalue weighted by molar-refractivity contribution is -0.870. The van der Waals surface area contributed by atoms with Crippen LogP contribution in [0.1, 0.15) is 116 Å². The van der Waals surface area contributed by atoms with E-state index in [2.05, 4.69) is 17.0 Å². The van der Waals surface area contributed by atoms with E-state index in [1.165, 1.54) is 97.0 Å². The van der Waals surface area contributed by atoms with Gasteiger partial charge in [-0.3, -0.25) is 0 Å². The number of rotatable bonds is 27. The summed E-state index contributed by atoms with van der Waals surface area (Å²) >= 11 is 0. The highest BCUT2D eigenvalue weighted by atomic mass is 32.2. The largest absolute Gasteiger partial charge is 0.447 e. The van der Waals surface area contributed by atoms with Gasteiger partial charge < -0.3 is 19.3 Å². The van der Waals surface area contributed by atoms with Crippen molar-refractivity contribution >= 4 is 16.1 Å². The summed E-state index contributed by atoms with van der Waals surface area (Å²) in [5.74, 6) is 0.0691. The number of hydrogen-bond donors (Lipinski definition) is 2. The predicted octanol–water partition coefficient (Wildman–Crippen LogP) is 6.00. The molecule has 1 amide bonds. The van der Waals surface area contributed by atoms with Gasteiger partial charge in [-0.25, -0.2) is 17.9 Å². The molecule has 9 heteroatoms. The van der Waals surface area contributed by atoms with Crippen LogP contribution in [-0.2, 0) is 19.5 Å². The van der Waals surface area contributed by atoms with E-state index in [1.807, 2.05) is 21.1 Å². The molecule has 0 saturated carbocycles. The first kappa shape index (κ1) is 37.1. The topological polar surface area (TPSA) is 93.7 Å². The Morgan fingerprint density at radius 3 is 1.68 bits per heavy atom. The molecule has 38 heavy (non-hydrogen) atoms. The van der Waals surface area contributed by atoms with Crippen LogP contribution in [0, 0.1) is 0 Å². The summed E-state index contributed by atoms with van der Waals surface area (Å²) < 4.78 is 38.1. The van der Waals surface area contributed by atoms with Crippen LogP contribution in [0.5, 0.6) is 0 Å². The van der Waals surface area contributed by atoms with E-state index in [-0.39, 0.29) is 18.9 Å². The maximum Gasteiger partial charge on any atom is 0.407 e. The standard InChI is InChI=1S/C29H61N3O5S/c1-6-7-8-9-10-11-12-13-14-15-16-17-18-19-20-21-23-30-29(33)37-27-28(36-5)26-31-38(34,35)25-22-24-32(2,3)4/h28,31H,6-27H2,1-5H3/p+1. The number of quaternary nitrogens is 1. The van der Waals surface area contributed by atoms with Gasteiger partial charge in [0.25, 0.3) is 0 Å². The number of alkyl carbamates (subject to hydrolysis) is 1. The fourth-order valence-electron chi connectivity index (χ4n) is 4.31. The minimum absolute atomic E-state index is 0.00267. The minimum Gasteiger partial charge on any atom is -0.447 e. The fourth-order valence-corrected chi connectivity index (χ4v) is 5.41. The Kier molecular flexibility index (Phi) is 23.4. The van der Waals surface area contributed by atoms with Gasteiger partial charge in [-0.15, -0.1) is 0 Å². The monoisotopic (exact) mass is 564 g/mol. The fraction of sp³-hybridized carbons (Fsp3) is 0.966. The molecule has 1 unspecified atom stereocenters. The Labute approximate surface area is 235 Å². The van der Waals surface area contributed by atoms with Gasteiger partial charge in [0.1, 0.15) is 12.7 Å². The van der Waals surface area contributed by atoms with Crippen molar-refractivity contribution in [3.05, 3.63) is 0 Å². The van der Waals surface area contributed by atoms with Crippen LogP contribution < -0.4 is 10.0 Å². The lowest BCUT2D eigenvalue weighted by atomic mass is 10.0. The molecule has 228 valence electrons. The second-order valence-electron chi connectivity index (χ2n) is 11.7. The molecule has 0 aliphatic carbocycles. The Balaban J connectivity index is 3.60. The summed E-state index contributed by atoms with van der Waals surface area (Å²) in [4.78, 5) is 11.9. The number of amides is 1. The molecule has 0 rings (SSSR count). The quantitative estimate of drug-likeness (QED) is 0.0942. The summed E-state index contributed by atoms with van der Waals surface area (Å²) in [6, 6.07) is 0. The Morgan fingerprint density at radius 1 is 0.763 bits per heavy atom. The summed E-state index contributed by atoms with van der Waals surface area (Å²) in [7, 11) is 4.19. The number of ether oxygens (including phenoxy) is 2. The summed E-state index contributed by atoms with van der Waals surface area (Å²) in [5.41, 5.74) is 0. The van der Waals surface area contributed by atoms with Gasteiger partial charge in [0.2, 0.25) is 10.0 Å². The van der Waals surface area contributed by atoms with Crippen molar-refractivity contribution in [2.45, 2.75) is 122 Å². The van der Waals surface area contributed by atoms with Gasteiger partial charge >= 0.3 is 6.09 Å². The van der Waals surface area contributed by atoms with E-state index in [9.17, 15) is 13.2 Å². The molecule has 0 saturated heterocycles. The molecule has 0 aliphatic heterocycles. The molecule has 0 aromatic heterocycles. The SMILES string of the molecule is CCCCCCCCCCCCCCCCCCNC(=O)OCC(CNS(=O)(=O)CCC[N+](C)(C)C)OC. The molecule has 0 aromatic rings. The van der Waals surface area contributed by atoms with Crippen LogP contribution in [-0.4, -0.2) is 85.3 Å². The van der Waals surface area contributed by atoms with E-state index >= 15 is 0 Å². The first-order valence-electron chi connectivity index (χ1n) is 15.3. The lowest BCUT2D eigenvalue weighted by Gasteiger charge is -2.23. The van der Waals surface area contributed by atoms with Crippen molar-refractivity contribution in [2.75, 3.05) is 60.2 Å². The van der Waals surface area contributed by atoms with E-state index in [0.717, 1.165) is 23.9 Å². The average molecular weight is 565 g/mol. The lowest BCUT2D eigenvalue weighted by Crippen LogP contribution is -2.40. The van der Waals surface area contributed by atoms with E-state index in [1.54, 1.807) is 0 Å². The second-order valence-corrected chi connectivity index (χ2v) is 13.6. The first-order valence-corrected chi connectivity index (χ1v) is 17.0. The van der Waals surface area contributed by atoms with Crippen molar-refractivity contribution in [1.82, 2.24) is 10.0 Å². The Bertz CT molecular complexity index is 653. The zero-order valence-corrected chi connectivity index (χ0v) is 26.3. The number of nitrogens with one attached hydrogen (secondary N) is 2. The maximum atomic E-state index is 12.2. The van der Waals surface area contributed by atoms with Crippen LogP contribution in [0.2, 0.25) is 0 Å². The molecule has 0 aromatic carbocycles. The van der Waals surface area contributed by atoms with Crippen LogP contribution >= 0.6 is 0 Å². The van der Waals surface area contributed by atoms with Crippen LogP contribution in [0.4, 0.5) is 4.79 Å². The molecule has 0 fully saturated rings. The van der Waals surface area contributed by atoms with Crippen molar-refractivity contribution in [2.24, 2.45) is 0 Å². The van der Waals surface area contributed by atoms with E-state index in [4.69, 9.17) is 9.47 Å². The summed E-state index contributed by atoms with van der Waals surface area (Å²) in [5, 5.41) is 2.77. The van der Waals surface area contributed by atoms with Gasteiger partial charge in [-0.2, -0.15) is 0 Å². The molecule has 0 spiro atoms. The number of carbonyl (C=O) groups excluding carboxylic acids is 1. The molecule has 0 aliphatic rings. The van der Waals surface area contributed by atoms with Gasteiger partial charge in [-0.1, -0.05) is 103 Å². The maximum absolute atomic E-state index is 12.2. The van der Waals surface area contributed by atoms with Crippen LogP contribution in [0.3, 0.4) is 0 Å². The van der Waals surface area contributed by atoms with Crippen molar-refractivity contribution in [1.29, 1.82) is 0 Å². The molecule has 2 N–H and O–H groups in total. The molecular formula is C29H62N3O5S+. The molecule has 0 heterocycles. The van der Waals surface area contributed by atoms with Gasteiger partial charge in [0.15, 0.2) is 0 Å². The van der Waals surface area contributed by atoms with Gasteiger partial charge in [0.05, 0.1) is 33.4 Å². The highest BCUT2D eigenvalue weighted by molar-refractivity contribution is 7.89. The minimum atomic E-state index is -3.38. The zero-order chi connectivity index (χ0) is 28.5. The average Bonchev–Trinajstić information content (AvgIpc) is 2.85. The highest BCUT2D eigenvalue weighted by Crippen LogP contribution is 2.13. The Hall–Kier alpha value is -0.900. The van der Waals surface area contributed by atoms with Crippen LogP contribution in [0.25, 0.3) is 0 Å². The summed E-state index contributed by atoms with van der Waals surface area (Å²) in [6.45, 7) is 3.72. The third-order valence-corrected chi connectivity index (χ3v) is 8.24. The zero-order valence-electron chi connectivity index (χ0n) is 25.5. The van der Waals surface area contributed by atoms with Gasteiger partial charge in [-0.05, 0) is 6.42 Å². The van der Waals surface area contributed by atoms with Crippen molar-refractivity contribution in [3.8, 4) is 0 Å². The van der Waals surface area contributed by atoms with Crippen LogP contribution in [0.15, 0.2) is 0 Å². The molecular weight excluding hydrogens is 502 g/mol. The highest BCUT2D eigenvalue weighted by Gasteiger charge is 2.17. The summed E-state index contributed by atoms with van der Waals surface area (Å²) in [6.07, 6.45) is 20.7. The normalized spacial score (nSPS) is 13.0. The first-order chi connectivity index (χ1) is 18.1. The number of carbonyl (C=O) groups is 1. The van der Waals surface area contributed by atoms with E-state index in [0.29, 0.717) is 13.0 Å². The molecule has 0 bridgehead atoms. The number of nitrogens with zero attached hydrogens (tertiary/aromatic N) is 1. The third kappa shape index (κ3) is 26.7. The van der Waals surface area contributed by atoms with E-state index < -0.39 is 22.2 Å². The van der Waals surface area contributed by atoms with Crippen molar-refractivity contribution < 1.29 is 27.2 Å². The molecule has 1 atom stereocenters. The number of sulfonamides is 1. The van der Waals surface area contributed by atoms with Gasteiger partial charge in [0, 0.05) is 26.6 Å². The molecule has 0 radical (unpaired) electrons. The smallest absolute Gasteiger partial charge is 0.407 e. The molecule has 8 nitrogen and oxygen atoms in total. The predicted molar refractivity (Wildman–Crippen MR) is 159 cm³/mol. The number of methoxy groups -OCH3 is 1. The second kappa shape index (κ2) is 23.9. The van der Waals surface area contributed by atoms with Crippen molar-refractivity contribution in [3.63, 3.8) is 0 Å². The number of hydrogen-bond acceptors (Lipinski definition) is 5. The Morgan fingerprint density at radius 2 is 1.24 bits per heavy atom. The third-order valence-electron chi connectivity index (χ3n) is 6.81.